The number of aromatic nitrogens is 3. The molecule has 0 fully saturated rings. The first kappa shape index (κ1) is 20.9. The van der Waals surface area contributed by atoms with Gasteiger partial charge in [0, 0.05) is 17.7 Å². The van der Waals surface area contributed by atoms with Crippen LogP contribution in [0.4, 0.5) is 13.6 Å². The van der Waals surface area contributed by atoms with E-state index in [0.717, 1.165) is 28.1 Å². The molecule has 156 valence electrons. The molecular formula is C20H19F2N5O3. The maximum absolute atomic E-state index is 14.6. The van der Waals surface area contributed by atoms with Gasteiger partial charge in [0.2, 0.25) is 0 Å². The maximum Gasteiger partial charge on any atom is 0.404 e. The molecule has 10 heteroatoms. The molecule has 8 nitrogen and oxygen atoms in total. The normalized spacial score (nSPS) is 11.4. The van der Waals surface area contributed by atoms with E-state index in [1.165, 1.54) is 13.3 Å². The van der Waals surface area contributed by atoms with Crippen LogP contribution in [0.5, 0.6) is 0 Å². The van der Waals surface area contributed by atoms with Crippen LogP contribution in [-0.4, -0.2) is 39.0 Å². The number of rotatable bonds is 6. The molecule has 30 heavy (non-hydrogen) atoms. The van der Waals surface area contributed by atoms with Gasteiger partial charge in [0.05, 0.1) is 11.9 Å². The predicted molar refractivity (Wildman–Crippen MR) is 106 cm³/mol. The van der Waals surface area contributed by atoms with Crippen LogP contribution in [0, 0.1) is 18.6 Å². The van der Waals surface area contributed by atoms with Crippen LogP contribution < -0.4 is 5.32 Å². The van der Waals surface area contributed by atoms with E-state index in [9.17, 15) is 13.6 Å². The third kappa shape index (κ3) is 4.43. The van der Waals surface area contributed by atoms with E-state index < -0.39 is 23.4 Å². The molecule has 0 unspecified atom stereocenters. The fraction of sp³-hybridized carbons (Fsp3) is 0.200. The van der Waals surface area contributed by atoms with E-state index in [4.69, 9.17) is 5.11 Å². The maximum atomic E-state index is 14.6. The van der Waals surface area contributed by atoms with Crippen LogP contribution in [0.3, 0.4) is 0 Å². The number of nitrogens with one attached hydrogen (secondary N) is 1. The SMILES string of the molecule is CON=C(C)c1cc(F)c(-n2ncc(-c3ccc(C)c(CNC(=O)O)c3)n2)c(F)c1. The van der Waals surface area contributed by atoms with Crippen molar-refractivity contribution in [3.8, 4) is 16.9 Å². The Bertz CT molecular complexity index is 1100. The van der Waals surface area contributed by atoms with Crippen molar-refractivity contribution in [2.24, 2.45) is 5.16 Å². The minimum absolute atomic E-state index is 0.121. The van der Waals surface area contributed by atoms with Crippen molar-refractivity contribution < 1.29 is 23.5 Å². The smallest absolute Gasteiger partial charge is 0.404 e. The Labute approximate surface area is 170 Å². The summed E-state index contributed by atoms with van der Waals surface area (Å²) in [6.07, 6.45) is 0.245. The molecule has 2 aromatic carbocycles. The zero-order valence-corrected chi connectivity index (χ0v) is 16.5. The lowest BCUT2D eigenvalue weighted by molar-refractivity contribution is 0.194. The number of nitrogens with zero attached hydrogens (tertiary/aromatic N) is 4. The highest BCUT2D eigenvalue weighted by atomic mass is 19.1. The lowest BCUT2D eigenvalue weighted by Crippen LogP contribution is -2.20. The van der Waals surface area contributed by atoms with Crippen LogP contribution in [0.25, 0.3) is 16.9 Å². The molecule has 0 saturated heterocycles. The second-order valence-corrected chi connectivity index (χ2v) is 6.47. The molecule has 0 atom stereocenters. The largest absolute Gasteiger partial charge is 0.465 e. The number of amides is 1. The van der Waals surface area contributed by atoms with Gasteiger partial charge >= 0.3 is 6.09 Å². The molecule has 0 aliphatic rings. The van der Waals surface area contributed by atoms with Crippen LogP contribution >= 0.6 is 0 Å². The summed E-state index contributed by atoms with van der Waals surface area (Å²) >= 11 is 0. The average Bonchev–Trinajstić information content (AvgIpc) is 3.16. The summed E-state index contributed by atoms with van der Waals surface area (Å²) in [6.45, 7) is 3.53. The Kier molecular flexibility index (Phi) is 6.05. The predicted octanol–water partition coefficient (Wildman–Crippen LogP) is 3.66. The average molecular weight is 415 g/mol. The van der Waals surface area contributed by atoms with Gasteiger partial charge in [-0.1, -0.05) is 17.3 Å². The molecule has 3 rings (SSSR count). The molecule has 1 heterocycles. The van der Waals surface area contributed by atoms with Crippen LogP contribution in [0.2, 0.25) is 0 Å². The summed E-state index contributed by atoms with van der Waals surface area (Å²) in [4.78, 5) is 16.2. The zero-order valence-electron chi connectivity index (χ0n) is 16.5. The van der Waals surface area contributed by atoms with E-state index in [2.05, 4.69) is 25.5 Å². The third-order valence-electron chi connectivity index (χ3n) is 4.43. The Morgan fingerprint density at radius 2 is 1.97 bits per heavy atom. The zero-order chi connectivity index (χ0) is 21.8. The van der Waals surface area contributed by atoms with Crippen molar-refractivity contribution in [2.75, 3.05) is 7.11 Å². The van der Waals surface area contributed by atoms with Crippen LogP contribution in [-0.2, 0) is 11.4 Å². The van der Waals surface area contributed by atoms with E-state index in [-0.39, 0.29) is 12.1 Å². The molecule has 0 bridgehead atoms. The van der Waals surface area contributed by atoms with Gasteiger partial charge in [0.25, 0.3) is 0 Å². The van der Waals surface area contributed by atoms with Crippen molar-refractivity contribution in [3.05, 3.63) is 64.9 Å². The monoisotopic (exact) mass is 415 g/mol. The Hall–Kier alpha value is -3.82. The third-order valence-corrected chi connectivity index (χ3v) is 4.43. The number of halogens is 2. The Balaban J connectivity index is 1.95. The summed E-state index contributed by atoms with van der Waals surface area (Å²) in [6, 6.07) is 7.58. The first-order valence-corrected chi connectivity index (χ1v) is 8.86. The summed E-state index contributed by atoms with van der Waals surface area (Å²) in [5.41, 5.74) is 2.78. The highest BCUT2D eigenvalue weighted by molar-refractivity contribution is 5.98. The van der Waals surface area contributed by atoms with Gasteiger partial charge in [-0.15, -0.1) is 9.90 Å². The number of carbonyl (C=O) groups is 1. The summed E-state index contributed by atoms with van der Waals surface area (Å²) in [5.74, 6) is -1.71. The molecule has 0 aliphatic heterocycles. The number of carboxylic acid groups (broad SMARTS) is 1. The van der Waals surface area contributed by atoms with Crippen LogP contribution in [0.1, 0.15) is 23.6 Å². The minimum atomic E-state index is -1.13. The molecule has 1 amide bonds. The molecule has 3 aromatic rings. The van der Waals surface area contributed by atoms with E-state index in [1.807, 2.05) is 6.92 Å². The van der Waals surface area contributed by atoms with Crippen molar-refractivity contribution in [1.82, 2.24) is 20.3 Å². The fourth-order valence-electron chi connectivity index (χ4n) is 2.85. The summed E-state index contributed by atoms with van der Waals surface area (Å²) in [5, 5.41) is 22.9. The lowest BCUT2D eigenvalue weighted by atomic mass is 10.0. The van der Waals surface area contributed by atoms with Gasteiger partial charge in [-0.25, -0.2) is 13.6 Å². The van der Waals surface area contributed by atoms with Gasteiger partial charge < -0.3 is 15.3 Å². The number of oxime groups is 1. The number of hydrogen-bond donors (Lipinski definition) is 2. The topological polar surface area (TPSA) is 102 Å². The molecule has 0 saturated carbocycles. The van der Waals surface area contributed by atoms with Gasteiger partial charge in [0.15, 0.2) is 17.3 Å². The van der Waals surface area contributed by atoms with Gasteiger partial charge in [-0.2, -0.15) is 5.10 Å². The fourth-order valence-corrected chi connectivity index (χ4v) is 2.85. The van der Waals surface area contributed by atoms with Gasteiger partial charge in [0.1, 0.15) is 12.8 Å². The van der Waals surface area contributed by atoms with Crippen LogP contribution in [0.15, 0.2) is 41.7 Å². The molecule has 2 N–H and O–H groups in total. The van der Waals surface area contributed by atoms with E-state index in [1.54, 1.807) is 25.1 Å². The molecule has 0 radical (unpaired) electrons. The van der Waals surface area contributed by atoms with Gasteiger partial charge in [-0.05, 0) is 43.2 Å². The number of aryl methyl sites for hydroxylation is 1. The number of benzene rings is 2. The standard InChI is InChI=1S/C20H19F2N5O3/c1-11-4-5-13(6-15(11)9-23-20(28)29)18-10-24-27(25-18)19-16(21)7-14(8-17(19)22)12(2)26-30-3/h4-8,10,23H,9H2,1-3H3,(H,28,29). The Morgan fingerprint density at radius 1 is 1.27 bits per heavy atom. The van der Waals surface area contributed by atoms with Crippen molar-refractivity contribution in [3.63, 3.8) is 0 Å². The molecule has 1 aromatic heterocycles. The molecular weight excluding hydrogens is 396 g/mol. The van der Waals surface area contributed by atoms with Crippen molar-refractivity contribution >= 4 is 11.8 Å². The lowest BCUT2D eigenvalue weighted by Gasteiger charge is -2.08. The Morgan fingerprint density at radius 3 is 2.60 bits per heavy atom. The highest BCUT2D eigenvalue weighted by Crippen LogP contribution is 2.23. The van der Waals surface area contributed by atoms with Crippen molar-refractivity contribution in [1.29, 1.82) is 0 Å². The van der Waals surface area contributed by atoms with Crippen molar-refractivity contribution in [2.45, 2.75) is 20.4 Å². The second-order valence-electron chi connectivity index (χ2n) is 6.47. The number of hydrogen-bond acceptors (Lipinski definition) is 5. The first-order chi connectivity index (χ1) is 14.3. The van der Waals surface area contributed by atoms with E-state index in [0.29, 0.717) is 17.0 Å². The molecule has 0 aliphatic carbocycles. The minimum Gasteiger partial charge on any atom is -0.465 e. The summed E-state index contributed by atoms with van der Waals surface area (Å²) in [7, 11) is 1.34. The highest BCUT2D eigenvalue weighted by Gasteiger charge is 2.18. The van der Waals surface area contributed by atoms with Gasteiger partial charge in [-0.3, -0.25) is 0 Å². The quantitative estimate of drug-likeness (QED) is 0.473. The second kappa shape index (κ2) is 8.68. The first-order valence-electron chi connectivity index (χ1n) is 8.86. The van der Waals surface area contributed by atoms with E-state index >= 15 is 0 Å². The summed E-state index contributed by atoms with van der Waals surface area (Å²) < 4.78 is 29.2. The molecule has 0 spiro atoms.